The molecule has 0 atom stereocenters. The summed E-state index contributed by atoms with van der Waals surface area (Å²) >= 11 is 0. The molecule has 0 bridgehead atoms. The van der Waals surface area contributed by atoms with Gasteiger partial charge in [-0.05, 0) is 49.7 Å². The number of aryl methyl sites for hydroxylation is 2. The van der Waals surface area contributed by atoms with Gasteiger partial charge in [0, 0.05) is 25.5 Å². The second kappa shape index (κ2) is 5.85. The van der Waals surface area contributed by atoms with Crippen molar-refractivity contribution in [3.63, 3.8) is 0 Å². The highest BCUT2D eigenvalue weighted by Crippen LogP contribution is 2.27. The fourth-order valence-corrected chi connectivity index (χ4v) is 2.33. The topological polar surface area (TPSA) is 28.2 Å². The third kappa shape index (κ3) is 2.93. The molecule has 1 N–H and O–H groups in total. The Morgan fingerprint density at radius 1 is 1.16 bits per heavy atom. The Labute approximate surface area is 115 Å². The van der Waals surface area contributed by atoms with Crippen molar-refractivity contribution in [3.8, 4) is 0 Å². The summed E-state index contributed by atoms with van der Waals surface area (Å²) in [5, 5.41) is 3.15. The molecule has 0 aliphatic heterocycles. The maximum Gasteiger partial charge on any atom is 0.135 e. The Morgan fingerprint density at radius 3 is 2.53 bits per heavy atom. The van der Waals surface area contributed by atoms with Gasteiger partial charge in [-0.25, -0.2) is 4.98 Å². The summed E-state index contributed by atoms with van der Waals surface area (Å²) in [4.78, 5) is 6.75. The van der Waals surface area contributed by atoms with Crippen LogP contribution in [0.15, 0.2) is 36.5 Å². The molecule has 0 aliphatic carbocycles. The Kier molecular flexibility index (Phi) is 4.17. The molecule has 19 heavy (non-hydrogen) atoms. The van der Waals surface area contributed by atoms with Crippen LogP contribution in [-0.2, 0) is 6.54 Å². The van der Waals surface area contributed by atoms with Crippen LogP contribution in [0.5, 0.6) is 0 Å². The molecule has 3 nitrogen and oxygen atoms in total. The van der Waals surface area contributed by atoms with Crippen molar-refractivity contribution in [1.29, 1.82) is 0 Å². The molecule has 0 fully saturated rings. The lowest BCUT2D eigenvalue weighted by Crippen LogP contribution is -2.15. The molecule has 0 saturated heterocycles. The first-order chi connectivity index (χ1) is 9.13. The van der Waals surface area contributed by atoms with E-state index >= 15 is 0 Å². The van der Waals surface area contributed by atoms with Crippen molar-refractivity contribution in [1.82, 2.24) is 10.3 Å². The Hall–Kier alpha value is -1.87. The second-order valence-corrected chi connectivity index (χ2v) is 4.86. The molecule has 0 radical (unpaired) electrons. The van der Waals surface area contributed by atoms with Crippen LogP contribution in [0.3, 0.4) is 0 Å². The largest absolute Gasteiger partial charge is 0.329 e. The van der Waals surface area contributed by atoms with E-state index in [1.807, 2.05) is 13.2 Å². The van der Waals surface area contributed by atoms with Gasteiger partial charge >= 0.3 is 0 Å². The van der Waals surface area contributed by atoms with E-state index in [2.05, 4.69) is 66.4 Å². The number of benzene rings is 1. The average molecular weight is 255 g/mol. The van der Waals surface area contributed by atoms with Gasteiger partial charge < -0.3 is 10.2 Å². The first kappa shape index (κ1) is 13.6. The SMILES string of the molecule is CNCc1cnc(N(C)c2ccccc2C)c(C)c1. The highest BCUT2D eigenvalue weighted by Gasteiger charge is 2.10. The molecule has 0 amide bonds. The molecule has 2 rings (SSSR count). The lowest BCUT2D eigenvalue weighted by molar-refractivity contribution is 0.811. The highest BCUT2D eigenvalue weighted by molar-refractivity contribution is 5.65. The van der Waals surface area contributed by atoms with Gasteiger partial charge in [0.2, 0.25) is 0 Å². The minimum Gasteiger partial charge on any atom is -0.329 e. The summed E-state index contributed by atoms with van der Waals surface area (Å²) in [6.07, 6.45) is 1.94. The predicted octanol–water partition coefficient (Wildman–Crippen LogP) is 3.19. The van der Waals surface area contributed by atoms with Crippen LogP contribution in [-0.4, -0.2) is 19.1 Å². The van der Waals surface area contributed by atoms with Gasteiger partial charge in [0.25, 0.3) is 0 Å². The van der Waals surface area contributed by atoms with Crippen LogP contribution < -0.4 is 10.2 Å². The molecular formula is C16H21N3. The third-order valence-corrected chi connectivity index (χ3v) is 3.28. The molecule has 1 heterocycles. The predicted molar refractivity (Wildman–Crippen MR) is 81.0 cm³/mol. The van der Waals surface area contributed by atoms with E-state index in [1.165, 1.54) is 22.4 Å². The van der Waals surface area contributed by atoms with E-state index in [0.717, 1.165) is 12.4 Å². The fourth-order valence-electron chi connectivity index (χ4n) is 2.33. The van der Waals surface area contributed by atoms with Crippen LogP contribution in [0, 0.1) is 13.8 Å². The van der Waals surface area contributed by atoms with Crippen LogP contribution in [0.1, 0.15) is 16.7 Å². The van der Waals surface area contributed by atoms with E-state index in [4.69, 9.17) is 0 Å². The molecule has 0 spiro atoms. The first-order valence-corrected chi connectivity index (χ1v) is 6.53. The number of nitrogens with one attached hydrogen (secondary N) is 1. The molecule has 1 aromatic carbocycles. The number of para-hydroxylation sites is 1. The van der Waals surface area contributed by atoms with Crippen molar-refractivity contribution in [2.45, 2.75) is 20.4 Å². The summed E-state index contributed by atoms with van der Waals surface area (Å²) in [5.74, 6) is 1.01. The monoisotopic (exact) mass is 255 g/mol. The maximum absolute atomic E-state index is 4.60. The second-order valence-electron chi connectivity index (χ2n) is 4.86. The minimum atomic E-state index is 0.849. The van der Waals surface area contributed by atoms with Gasteiger partial charge in [-0.1, -0.05) is 18.2 Å². The third-order valence-electron chi connectivity index (χ3n) is 3.28. The van der Waals surface area contributed by atoms with Gasteiger partial charge in [-0.15, -0.1) is 0 Å². The van der Waals surface area contributed by atoms with Crippen molar-refractivity contribution in [2.75, 3.05) is 19.0 Å². The number of hydrogen-bond donors (Lipinski definition) is 1. The first-order valence-electron chi connectivity index (χ1n) is 6.53. The Balaban J connectivity index is 2.34. The molecular weight excluding hydrogens is 234 g/mol. The number of anilines is 2. The highest BCUT2D eigenvalue weighted by atomic mass is 15.2. The molecule has 1 aromatic heterocycles. The van der Waals surface area contributed by atoms with Crippen molar-refractivity contribution in [2.24, 2.45) is 0 Å². The van der Waals surface area contributed by atoms with E-state index in [1.54, 1.807) is 0 Å². The average Bonchev–Trinajstić information content (AvgIpc) is 2.39. The maximum atomic E-state index is 4.60. The number of hydrogen-bond acceptors (Lipinski definition) is 3. The molecule has 0 unspecified atom stereocenters. The summed E-state index contributed by atoms with van der Waals surface area (Å²) < 4.78 is 0. The summed E-state index contributed by atoms with van der Waals surface area (Å²) in [6.45, 7) is 5.08. The van der Waals surface area contributed by atoms with Crippen molar-refractivity contribution >= 4 is 11.5 Å². The van der Waals surface area contributed by atoms with E-state index in [0.29, 0.717) is 0 Å². The summed E-state index contributed by atoms with van der Waals surface area (Å²) in [6, 6.07) is 10.6. The molecule has 100 valence electrons. The standard InChI is InChI=1S/C16H21N3/c1-12-7-5-6-8-15(12)19(4)16-13(2)9-14(10-17-3)11-18-16/h5-9,11,17H,10H2,1-4H3. The summed E-state index contributed by atoms with van der Waals surface area (Å²) in [5.41, 5.74) is 4.85. The number of rotatable bonds is 4. The molecule has 0 aliphatic rings. The van der Waals surface area contributed by atoms with Gasteiger partial charge in [0.15, 0.2) is 0 Å². The number of nitrogens with zero attached hydrogens (tertiary/aromatic N) is 2. The van der Waals surface area contributed by atoms with Gasteiger partial charge in [-0.2, -0.15) is 0 Å². The van der Waals surface area contributed by atoms with E-state index in [-0.39, 0.29) is 0 Å². The van der Waals surface area contributed by atoms with Crippen LogP contribution >= 0.6 is 0 Å². The van der Waals surface area contributed by atoms with Gasteiger partial charge in [-0.3, -0.25) is 0 Å². The number of pyridine rings is 1. The molecule has 0 saturated carbocycles. The lowest BCUT2D eigenvalue weighted by Gasteiger charge is -2.22. The van der Waals surface area contributed by atoms with Crippen molar-refractivity contribution < 1.29 is 0 Å². The zero-order valence-corrected chi connectivity index (χ0v) is 12.1. The summed E-state index contributed by atoms with van der Waals surface area (Å²) in [7, 11) is 4.01. The quantitative estimate of drug-likeness (QED) is 0.909. The Bertz CT molecular complexity index is 564. The van der Waals surface area contributed by atoms with Crippen LogP contribution in [0.2, 0.25) is 0 Å². The number of aromatic nitrogens is 1. The zero-order valence-electron chi connectivity index (χ0n) is 12.1. The van der Waals surface area contributed by atoms with E-state index < -0.39 is 0 Å². The lowest BCUT2D eigenvalue weighted by atomic mass is 10.1. The Morgan fingerprint density at radius 2 is 1.89 bits per heavy atom. The minimum absolute atomic E-state index is 0.849. The van der Waals surface area contributed by atoms with E-state index in [9.17, 15) is 0 Å². The van der Waals surface area contributed by atoms with Crippen LogP contribution in [0.4, 0.5) is 11.5 Å². The molecule has 2 aromatic rings. The molecule has 3 heteroatoms. The fraction of sp³-hybridized carbons (Fsp3) is 0.312. The van der Waals surface area contributed by atoms with Gasteiger partial charge in [0.1, 0.15) is 5.82 Å². The van der Waals surface area contributed by atoms with Crippen LogP contribution in [0.25, 0.3) is 0 Å². The zero-order chi connectivity index (χ0) is 13.8. The normalized spacial score (nSPS) is 10.5. The smallest absolute Gasteiger partial charge is 0.135 e. The van der Waals surface area contributed by atoms with Gasteiger partial charge in [0.05, 0.1) is 0 Å². The van der Waals surface area contributed by atoms with Crippen molar-refractivity contribution in [3.05, 3.63) is 53.2 Å².